The van der Waals surface area contributed by atoms with Crippen LogP contribution in [0.15, 0.2) is 23.8 Å². The maximum absolute atomic E-state index is 12.2. The largest absolute Gasteiger partial charge is 0.479 e. The van der Waals surface area contributed by atoms with Gasteiger partial charge in [0.2, 0.25) is 0 Å². The second-order valence-electron chi connectivity index (χ2n) is 6.23. The standard InChI is InChI=1S/C15H21NO4/c1-15(2,3)20-14(19)16-9-8-10-6-4-5-7-11(10)12(16)13(17)18/h4-5,7,10,12H,6,8-9H2,1-3H3,(H,17,18). The van der Waals surface area contributed by atoms with Crippen LogP contribution in [0.1, 0.15) is 33.6 Å². The average molecular weight is 279 g/mol. The van der Waals surface area contributed by atoms with Crippen molar-refractivity contribution >= 4 is 12.1 Å². The Bertz CT molecular complexity index is 473. The lowest BCUT2D eigenvalue weighted by molar-refractivity contribution is -0.142. The SMILES string of the molecule is CC(C)(C)OC(=O)N1CCC2CC=CC=C2C1C(=O)O. The number of amides is 1. The molecule has 2 atom stereocenters. The van der Waals surface area contributed by atoms with Crippen molar-refractivity contribution < 1.29 is 19.4 Å². The number of allylic oxidation sites excluding steroid dienone is 3. The Hall–Kier alpha value is -1.78. The first-order valence-electron chi connectivity index (χ1n) is 6.88. The number of ether oxygens (including phenoxy) is 1. The minimum absolute atomic E-state index is 0.222. The second kappa shape index (κ2) is 5.31. The molecule has 1 N–H and O–H groups in total. The summed E-state index contributed by atoms with van der Waals surface area (Å²) in [5.41, 5.74) is 0.176. The minimum Gasteiger partial charge on any atom is -0.479 e. The van der Waals surface area contributed by atoms with Gasteiger partial charge < -0.3 is 9.84 Å². The number of rotatable bonds is 1. The molecule has 1 fully saturated rings. The van der Waals surface area contributed by atoms with Crippen LogP contribution in [0.3, 0.4) is 0 Å². The molecule has 1 saturated heterocycles. The molecular formula is C15H21NO4. The molecule has 0 saturated carbocycles. The van der Waals surface area contributed by atoms with Crippen LogP contribution >= 0.6 is 0 Å². The van der Waals surface area contributed by atoms with Crippen molar-refractivity contribution in [2.75, 3.05) is 6.54 Å². The van der Waals surface area contributed by atoms with Crippen molar-refractivity contribution in [3.05, 3.63) is 23.8 Å². The maximum Gasteiger partial charge on any atom is 0.411 e. The Morgan fingerprint density at radius 3 is 2.70 bits per heavy atom. The average Bonchev–Trinajstić information content (AvgIpc) is 2.35. The van der Waals surface area contributed by atoms with E-state index in [1.54, 1.807) is 20.8 Å². The van der Waals surface area contributed by atoms with Gasteiger partial charge in [0.15, 0.2) is 6.04 Å². The van der Waals surface area contributed by atoms with Gasteiger partial charge in [-0.3, -0.25) is 4.90 Å². The van der Waals surface area contributed by atoms with Crippen LogP contribution in [0.25, 0.3) is 0 Å². The maximum atomic E-state index is 12.2. The highest BCUT2D eigenvalue weighted by Crippen LogP contribution is 2.34. The molecule has 1 aliphatic carbocycles. The number of fused-ring (bicyclic) bond motifs is 1. The van der Waals surface area contributed by atoms with E-state index in [1.807, 2.05) is 18.2 Å². The first-order chi connectivity index (χ1) is 9.29. The summed E-state index contributed by atoms with van der Waals surface area (Å²) in [7, 11) is 0. The smallest absolute Gasteiger partial charge is 0.411 e. The third-order valence-corrected chi connectivity index (χ3v) is 3.52. The first kappa shape index (κ1) is 14.6. The van der Waals surface area contributed by atoms with E-state index in [-0.39, 0.29) is 5.92 Å². The third-order valence-electron chi connectivity index (χ3n) is 3.52. The number of carbonyl (C=O) groups excluding carboxylic acids is 1. The molecule has 0 spiro atoms. The predicted molar refractivity (Wildman–Crippen MR) is 74.3 cm³/mol. The Kier molecular flexibility index (Phi) is 3.88. The molecule has 2 rings (SSSR count). The number of carbonyl (C=O) groups is 2. The molecule has 5 nitrogen and oxygen atoms in total. The van der Waals surface area contributed by atoms with Crippen LogP contribution in [0.2, 0.25) is 0 Å². The van der Waals surface area contributed by atoms with E-state index in [9.17, 15) is 14.7 Å². The Morgan fingerprint density at radius 2 is 2.10 bits per heavy atom. The van der Waals surface area contributed by atoms with Crippen LogP contribution in [-0.4, -0.2) is 40.3 Å². The van der Waals surface area contributed by atoms with E-state index in [0.717, 1.165) is 18.4 Å². The van der Waals surface area contributed by atoms with Gasteiger partial charge in [0.25, 0.3) is 0 Å². The van der Waals surface area contributed by atoms with E-state index in [4.69, 9.17) is 4.74 Å². The number of carboxylic acid groups (broad SMARTS) is 1. The van der Waals surface area contributed by atoms with Crippen molar-refractivity contribution in [2.24, 2.45) is 5.92 Å². The lowest BCUT2D eigenvalue weighted by atomic mass is 9.80. The predicted octanol–water partition coefficient (Wildman–Crippen LogP) is 2.58. The summed E-state index contributed by atoms with van der Waals surface area (Å²) in [6.45, 7) is 5.74. The molecule has 0 aromatic carbocycles. The number of hydrogen-bond acceptors (Lipinski definition) is 3. The number of aliphatic carboxylic acids is 1. The molecule has 0 bridgehead atoms. The summed E-state index contributed by atoms with van der Waals surface area (Å²) in [6.07, 6.45) is 6.79. The molecule has 2 unspecified atom stereocenters. The van der Waals surface area contributed by atoms with Crippen LogP contribution in [-0.2, 0) is 9.53 Å². The normalized spacial score (nSPS) is 25.8. The molecule has 0 radical (unpaired) electrons. The Morgan fingerprint density at radius 1 is 1.40 bits per heavy atom. The fourth-order valence-corrected chi connectivity index (χ4v) is 2.69. The molecule has 0 aromatic heterocycles. The van der Waals surface area contributed by atoms with Gasteiger partial charge in [0.05, 0.1) is 0 Å². The van der Waals surface area contributed by atoms with Crippen molar-refractivity contribution in [2.45, 2.75) is 45.3 Å². The lowest BCUT2D eigenvalue weighted by Crippen LogP contribution is -2.53. The van der Waals surface area contributed by atoms with E-state index < -0.39 is 23.7 Å². The van der Waals surface area contributed by atoms with Gasteiger partial charge in [0.1, 0.15) is 5.60 Å². The van der Waals surface area contributed by atoms with Crippen LogP contribution in [0, 0.1) is 5.92 Å². The first-order valence-corrected chi connectivity index (χ1v) is 6.88. The zero-order valence-electron chi connectivity index (χ0n) is 12.1. The van der Waals surface area contributed by atoms with Crippen molar-refractivity contribution in [1.29, 1.82) is 0 Å². The molecule has 20 heavy (non-hydrogen) atoms. The van der Waals surface area contributed by atoms with Crippen molar-refractivity contribution in [3.63, 3.8) is 0 Å². The fraction of sp³-hybridized carbons (Fsp3) is 0.600. The molecule has 1 aliphatic heterocycles. The third kappa shape index (κ3) is 3.03. The van der Waals surface area contributed by atoms with E-state index in [0.29, 0.717) is 6.54 Å². The molecule has 110 valence electrons. The molecule has 1 heterocycles. The van der Waals surface area contributed by atoms with Gasteiger partial charge in [-0.05, 0) is 45.1 Å². The van der Waals surface area contributed by atoms with Crippen molar-refractivity contribution in [3.8, 4) is 0 Å². The van der Waals surface area contributed by atoms with Crippen molar-refractivity contribution in [1.82, 2.24) is 4.90 Å². The quantitative estimate of drug-likeness (QED) is 0.801. The lowest BCUT2D eigenvalue weighted by Gasteiger charge is -2.40. The van der Waals surface area contributed by atoms with Gasteiger partial charge in [-0.25, -0.2) is 9.59 Å². The van der Waals surface area contributed by atoms with Crippen LogP contribution < -0.4 is 0 Å². The highest BCUT2D eigenvalue weighted by atomic mass is 16.6. The van der Waals surface area contributed by atoms with E-state index in [1.165, 1.54) is 4.90 Å². The highest BCUT2D eigenvalue weighted by molar-refractivity contribution is 5.84. The van der Waals surface area contributed by atoms with Gasteiger partial charge >= 0.3 is 12.1 Å². The fourth-order valence-electron chi connectivity index (χ4n) is 2.69. The van der Waals surface area contributed by atoms with Gasteiger partial charge in [-0.15, -0.1) is 0 Å². The van der Waals surface area contributed by atoms with Gasteiger partial charge in [-0.1, -0.05) is 18.2 Å². The minimum atomic E-state index is -0.998. The van der Waals surface area contributed by atoms with Gasteiger partial charge in [0, 0.05) is 6.54 Å². The Labute approximate surface area is 118 Å². The molecule has 5 heteroatoms. The topological polar surface area (TPSA) is 66.8 Å². The number of piperidine rings is 1. The summed E-state index contributed by atoms with van der Waals surface area (Å²) >= 11 is 0. The number of carboxylic acids is 1. The molecule has 0 aromatic rings. The number of likely N-dealkylation sites (tertiary alicyclic amines) is 1. The zero-order chi connectivity index (χ0) is 14.9. The highest BCUT2D eigenvalue weighted by Gasteiger charge is 2.41. The Balaban J connectivity index is 2.24. The monoisotopic (exact) mass is 279 g/mol. The summed E-state index contributed by atoms with van der Waals surface area (Å²) in [5.74, 6) is -0.776. The van der Waals surface area contributed by atoms with Crippen LogP contribution in [0.4, 0.5) is 4.79 Å². The zero-order valence-corrected chi connectivity index (χ0v) is 12.1. The van der Waals surface area contributed by atoms with E-state index >= 15 is 0 Å². The van der Waals surface area contributed by atoms with Gasteiger partial charge in [-0.2, -0.15) is 0 Å². The summed E-state index contributed by atoms with van der Waals surface area (Å²) in [4.78, 5) is 25.1. The second-order valence-corrected chi connectivity index (χ2v) is 6.23. The summed E-state index contributed by atoms with van der Waals surface area (Å²) in [6, 6.07) is -0.909. The van der Waals surface area contributed by atoms with Crippen LogP contribution in [0.5, 0.6) is 0 Å². The van der Waals surface area contributed by atoms with E-state index in [2.05, 4.69) is 0 Å². The summed E-state index contributed by atoms with van der Waals surface area (Å²) in [5, 5.41) is 9.48. The molecule has 2 aliphatic rings. The number of hydrogen-bond donors (Lipinski definition) is 1. The molecule has 1 amide bonds. The summed E-state index contributed by atoms with van der Waals surface area (Å²) < 4.78 is 5.32. The molecular weight excluding hydrogens is 258 g/mol. The number of nitrogens with zero attached hydrogens (tertiary/aromatic N) is 1.